The lowest BCUT2D eigenvalue weighted by Crippen LogP contribution is -2.08. The molecule has 150 valence electrons. The zero-order valence-corrected chi connectivity index (χ0v) is 17.2. The molecule has 0 N–H and O–H groups in total. The maximum atomic E-state index is 11.5. The van der Waals surface area contributed by atoms with E-state index in [1.54, 1.807) is 18.3 Å². The van der Waals surface area contributed by atoms with Crippen LogP contribution in [0.25, 0.3) is 28.2 Å². The smallest absolute Gasteiger partial charge is 0.264 e. The van der Waals surface area contributed by atoms with Crippen molar-refractivity contribution in [3.05, 3.63) is 77.7 Å². The summed E-state index contributed by atoms with van der Waals surface area (Å²) in [6.45, 7) is 1.79. The molecule has 8 heteroatoms. The van der Waals surface area contributed by atoms with E-state index in [9.17, 15) is 8.42 Å². The molecule has 7 nitrogen and oxygen atoms in total. The molecule has 2 aromatic heterocycles. The summed E-state index contributed by atoms with van der Waals surface area (Å²) in [4.78, 5) is 9.11. The zero-order valence-electron chi connectivity index (χ0n) is 16.4. The molecule has 0 aliphatic carbocycles. The molecule has 0 amide bonds. The molecule has 2 heterocycles. The Morgan fingerprint density at radius 2 is 1.73 bits per heavy atom. The average molecular weight is 418 g/mol. The van der Waals surface area contributed by atoms with Crippen molar-refractivity contribution in [2.75, 3.05) is 6.26 Å². The molecule has 0 unspecified atom stereocenters. The lowest BCUT2D eigenvalue weighted by Gasteiger charge is -2.15. The number of hydrogen-bond donors (Lipinski definition) is 0. The van der Waals surface area contributed by atoms with Crippen LogP contribution in [0.3, 0.4) is 0 Å². The summed E-state index contributed by atoms with van der Waals surface area (Å²) < 4.78 is 29.9. The second-order valence-corrected chi connectivity index (χ2v) is 8.54. The topological polar surface area (TPSA) is 97.3 Å². The Balaban J connectivity index is 1.98. The number of benzene rings is 2. The van der Waals surface area contributed by atoms with E-state index in [2.05, 4.69) is 11.1 Å². The van der Waals surface area contributed by atoms with Crippen LogP contribution in [0, 0.1) is 18.3 Å². The average Bonchev–Trinajstić information content (AvgIpc) is 3.22. The monoisotopic (exact) mass is 418 g/mol. The molecule has 2 aromatic carbocycles. The number of rotatable bonds is 5. The van der Waals surface area contributed by atoms with Crippen LogP contribution in [0.1, 0.15) is 16.8 Å². The van der Waals surface area contributed by atoms with Gasteiger partial charge >= 0.3 is 0 Å². The van der Waals surface area contributed by atoms with E-state index in [4.69, 9.17) is 14.4 Å². The molecule has 30 heavy (non-hydrogen) atoms. The van der Waals surface area contributed by atoms with Crippen molar-refractivity contribution in [3.8, 4) is 28.6 Å². The van der Waals surface area contributed by atoms with Crippen molar-refractivity contribution in [1.29, 1.82) is 5.26 Å². The van der Waals surface area contributed by atoms with Crippen LogP contribution in [0.2, 0.25) is 0 Å². The standard InChI is InChI=1S/C22H18N4O3S/c1-15-3-7-18(8-4-15)21-20(17-9-5-16(13-23)6-10-17)25-19(14-29-30(2,27)28)22-24-11-12-26(21)22/h3-12H,14H2,1-2H3. The third-order valence-corrected chi connectivity index (χ3v) is 5.18. The first-order chi connectivity index (χ1) is 14.4. The fraction of sp³-hybridized carbons (Fsp3) is 0.136. The van der Waals surface area contributed by atoms with Crippen LogP contribution in [-0.4, -0.2) is 29.0 Å². The summed E-state index contributed by atoms with van der Waals surface area (Å²) in [6.07, 6.45) is 4.45. The number of aromatic nitrogens is 3. The second-order valence-electron chi connectivity index (χ2n) is 6.90. The molecular formula is C22H18N4O3S. The van der Waals surface area contributed by atoms with Crippen molar-refractivity contribution in [1.82, 2.24) is 14.4 Å². The molecule has 4 rings (SSSR count). The molecule has 0 radical (unpaired) electrons. The van der Waals surface area contributed by atoms with Crippen LogP contribution in [0.5, 0.6) is 0 Å². The van der Waals surface area contributed by atoms with Gasteiger partial charge in [-0.3, -0.25) is 8.58 Å². The number of imidazole rings is 1. The van der Waals surface area contributed by atoms with Gasteiger partial charge in [0, 0.05) is 23.5 Å². The number of nitriles is 1. The lowest BCUT2D eigenvalue weighted by atomic mass is 10.0. The number of aryl methyl sites for hydroxylation is 1. The minimum atomic E-state index is -3.64. The second kappa shape index (κ2) is 7.71. The van der Waals surface area contributed by atoms with Gasteiger partial charge in [-0.1, -0.05) is 42.0 Å². The number of fused-ring (bicyclic) bond motifs is 1. The zero-order chi connectivity index (χ0) is 21.3. The third-order valence-electron chi connectivity index (χ3n) is 4.63. The Morgan fingerprint density at radius 1 is 1.07 bits per heavy atom. The largest absolute Gasteiger partial charge is 0.296 e. The molecule has 0 fully saturated rings. The highest BCUT2D eigenvalue weighted by molar-refractivity contribution is 7.85. The van der Waals surface area contributed by atoms with Gasteiger partial charge in [0.1, 0.15) is 12.3 Å². The van der Waals surface area contributed by atoms with E-state index in [1.165, 1.54) is 0 Å². The predicted octanol–water partition coefficient (Wildman–Crippen LogP) is 3.72. The summed E-state index contributed by atoms with van der Waals surface area (Å²) in [5.74, 6) is 0. The van der Waals surface area contributed by atoms with E-state index >= 15 is 0 Å². The van der Waals surface area contributed by atoms with E-state index < -0.39 is 10.1 Å². The fourth-order valence-corrected chi connectivity index (χ4v) is 3.53. The van der Waals surface area contributed by atoms with Gasteiger partial charge in [-0.25, -0.2) is 9.97 Å². The fourth-order valence-electron chi connectivity index (χ4n) is 3.20. The first-order valence-electron chi connectivity index (χ1n) is 9.13. The summed E-state index contributed by atoms with van der Waals surface area (Å²) in [5, 5.41) is 9.11. The van der Waals surface area contributed by atoms with E-state index in [0.29, 0.717) is 22.6 Å². The normalized spacial score (nSPS) is 11.5. The molecular weight excluding hydrogens is 400 g/mol. The molecule has 0 saturated carbocycles. The van der Waals surface area contributed by atoms with Crippen molar-refractivity contribution >= 4 is 15.8 Å². The Kier molecular flexibility index (Phi) is 5.08. The van der Waals surface area contributed by atoms with Gasteiger partial charge in [0.2, 0.25) is 0 Å². The van der Waals surface area contributed by atoms with Crippen LogP contribution in [0.4, 0.5) is 0 Å². The molecule has 4 aromatic rings. The molecule has 0 atom stereocenters. The number of hydrogen-bond acceptors (Lipinski definition) is 6. The Hall–Kier alpha value is -3.54. The van der Waals surface area contributed by atoms with Gasteiger partial charge in [0.15, 0.2) is 5.65 Å². The first-order valence-corrected chi connectivity index (χ1v) is 11.0. The molecule has 0 bridgehead atoms. The third kappa shape index (κ3) is 3.94. The number of nitrogens with zero attached hydrogens (tertiary/aromatic N) is 4. The summed E-state index contributed by atoms with van der Waals surface area (Å²) in [7, 11) is -3.64. The van der Waals surface area contributed by atoms with Crippen molar-refractivity contribution in [3.63, 3.8) is 0 Å². The highest BCUT2D eigenvalue weighted by Crippen LogP contribution is 2.33. The quantitative estimate of drug-likeness (QED) is 0.458. The predicted molar refractivity (Wildman–Crippen MR) is 113 cm³/mol. The van der Waals surface area contributed by atoms with Gasteiger partial charge < -0.3 is 0 Å². The van der Waals surface area contributed by atoms with Crippen LogP contribution >= 0.6 is 0 Å². The summed E-state index contributed by atoms with van der Waals surface area (Å²) in [6, 6.07) is 17.2. The lowest BCUT2D eigenvalue weighted by molar-refractivity contribution is 0.308. The molecule has 0 aliphatic rings. The van der Waals surface area contributed by atoms with Crippen LogP contribution < -0.4 is 0 Å². The van der Waals surface area contributed by atoms with Crippen molar-refractivity contribution < 1.29 is 12.6 Å². The van der Waals surface area contributed by atoms with Crippen LogP contribution in [-0.2, 0) is 20.9 Å². The van der Waals surface area contributed by atoms with E-state index in [1.807, 2.05) is 53.9 Å². The van der Waals surface area contributed by atoms with Crippen molar-refractivity contribution in [2.24, 2.45) is 0 Å². The SMILES string of the molecule is Cc1ccc(-c2c(-c3ccc(C#N)cc3)nc(COS(C)(=O)=O)c3nccn23)cc1. The van der Waals surface area contributed by atoms with Gasteiger partial charge in [-0.2, -0.15) is 13.7 Å². The van der Waals surface area contributed by atoms with Crippen molar-refractivity contribution in [2.45, 2.75) is 13.5 Å². The maximum Gasteiger partial charge on any atom is 0.264 e. The Bertz CT molecular complexity index is 1370. The Labute approximate surface area is 174 Å². The minimum Gasteiger partial charge on any atom is -0.296 e. The summed E-state index contributed by atoms with van der Waals surface area (Å²) in [5.41, 5.74) is 5.78. The molecule has 0 aliphatic heterocycles. The highest BCUT2D eigenvalue weighted by atomic mass is 32.2. The molecule has 0 spiro atoms. The minimum absolute atomic E-state index is 0.225. The first kappa shape index (κ1) is 19.8. The van der Waals surface area contributed by atoms with Gasteiger partial charge in [-0.15, -0.1) is 0 Å². The van der Waals surface area contributed by atoms with Gasteiger partial charge in [0.25, 0.3) is 10.1 Å². The highest BCUT2D eigenvalue weighted by Gasteiger charge is 2.19. The molecule has 0 saturated heterocycles. The van der Waals surface area contributed by atoms with Gasteiger partial charge in [-0.05, 0) is 19.1 Å². The van der Waals surface area contributed by atoms with Crippen LogP contribution in [0.15, 0.2) is 60.9 Å². The van der Waals surface area contributed by atoms with E-state index in [-0.39, 0.29) is 6.61 Å². The van der Waals surface area contributed by atoms with E-state index in [0.717, 1.165) is 28.6 Å². The maximum absolute atomic E-state index is 11.5. The Morgan fingerprint density at radius 3 is 2.37 bits per heavy atom. The summed E-state index contributed by atoms with van der Waals surface area (Å²) >= 11 is 0. The van der Waals surface area contributed by atoms with Gasteiger partial charge in [0.05, 0.1) is 29.3 Å².